The first-order chi connectivity index (χ1) is 7.00. The summed E-state index contributed by atoms with van der Waals surface area (Å²) in [5.74, 6) is -2.27. The third kappa shape index (κ3) is 3.47. The molecule has 0 radical (unpaired) electrons. The minimum absolute atomic E-state index is 0.395. The first-order valence-corrected chi connectivity index (χ1v) is 4.88. The van der Waals surface area contributed by atoms with E-state index >= 15 is 0 Å². The summed E-state index contributed by atoms with van der Waals surface area (Å²) in [5.41, 5.74) is 0.489. The quantitative estimate of drug-likeness (QED) is 0.808. The Hall–Kier alpha value is -1.16. The first kappa shape index (κ1) is 11.9. The van der Waals surface area contributed by atoms with Gasteiger partial charge >= 0.3 is 0 Å². The van der Waals surface area contributed by atoms with E-state index in [9.17, 15) is 8.78 Å². The first-order valence-electron chi connectivity index (χ1n) is 4.88. The van der Waals surface area contributed by atoms with Crippen LogP contribution in [-0.4, -0.2) is 11.7 Å². The van der Waals surface area contributed by atoms with Gasteiger partial charge in [0.25, 0.3) is 0 Å². The second-order valence-electron chi connectivity index (χ2n) is 3.93. The number of phenolic OH excluding ortho intramolecular Hbond substituents is 1. The average Bonchev–Trinajstić information content (AvgIpc) is 2.13. The number of rotatable bonds is 4. The van der Waals surface area contributed by atoms with Crippen LogP contribution in [0.1, 0.15) is 19.4 Å². The molecule has 0 aliphatic rings. The second kappa shape index (κ2) is 5.07. The molecule has 0 aliphatic heterocycles. The fourth-order valence-electron chi connectivity index (χ4n) is 1.23. The van der Waals surface area contributed by atoms with E-state index in [4.69, 9.17) is 5.11 Å². The van der Waals surface area contributed by atoms with Crippen LogP contribution in [0.3, 0.4) is 0 Å². The zero-order valence-electron chi connectivity index (χ0n) is 8.85. The van der Waals surface area contributed by atoms with Crippen LogP contribution in [0.15, 0.2) is 12.1 Å². The van der Waals surface area contributed by atoms with Gasteiger partial charge in [-0.1, -0.05) is 13.8 Å². The number of nitrogens with one attached hydrogen (secondary N) is 1. The lowest BCUT2D eigenvalue weighted by Gasteiger charge is -2.08. The van der Waals surface area contributed by atoms with Gasteiger partial charge in [0.2, 0.25) is 0 Å². The lowest BCUT2D eigenvalue weighted by Crippen LogP contribution is -2.19. The van der Waals surface area contributed by atoms with Gasteiger partial charge in [-0.15, -0.1) is 0 Å². The SMILES string of the molecule is CC(C)CNCc1cc(F)c(O)c(F)c1. The van der Waals surface area contributed by atoms with Crippen molar-refractivity contribution in [2.24, 2.45) is 5.92 Å². The summed E-state index contributed by atoms with van der Waals surface area (Å²) < 4.78 is 25.8. The molecule has 1 aromatic rings. The van der Waals surface area contributed by atoms with E-state index in [0.29, 0.717) is 18.0 Å². The molecule has 0 saturated carbocycles. The van der Waals surface area contributed by atoms with Crippen molar-refractivity contribution in [3.8, 4) is 5.75 Å². The van der Waals surface area contributed by atoms with Gasteiger partial charge in [0, 0.05) is 6.54 Å². The maximum Gasteiger partial charge on any atom is 0.187 e. The molecule has 1 rings (SSSR count). The third-order valence-corrected chi connectivity index (χ3v) is 1.96. The molecule has 2 nitrogen and oxygen atoms in total. The van der Waals surface area contributed by atoms with Gasteiger partial charge < -0.3 is 10.4 Å². The van der Waals surface area contributed by atoms with Gasteiger partial charge in [0.1, 0.15) is 0 Å². The zero-order valence-corrected chi connectivity index (χ0v) is 8.85. The number of benzene rings is 1. The summed E-state index contributed by atoms with van der Waals surface area (Å²) in [4.78, 5) is 0. The van der Waals surface area contributed by atoms with Gasteiger partial charge in [-0.05, 0) is 30.2 Å². The van der Waals surface area contributed by atoms with E-state index in [1.54, 1.807) is 0 Å². The maximum atomic E-state index is 12.9. The van der Waals surface area contributed by atoms with Crippen LogP contribution in [0, 0.1) is 17.6 Å². The molecule has 84 valence electrons. The van der Waals surface area contributed by atoms with Crippen LogP contribution in [0.25, 0.3) is 0 Å². The van der Waals surface area contributed by atoms with Crippen molar-refractivity contribution in [1.82, 2.24) is 5.32 Å². The Bertz CT molecular complexity index is 316. The van der Waals surface area contributed by atoms with E-state index in [2.05, 4.69) is 5.32 Å². The van der Waals surface area contributed by atoms with Crippen LogP contribution in [0.2, 0.25) is 0 Å². The molecule has 0 fully saturated rings. The molecule has 0 aromatic heterocycles. The topological polar surface area (TPSA) is 32.3 Å². The third-order valence-electron chi connectivity index (χ3n) is 1.96. The molecule has 2 N–H and O–H groups in total. The van der Waals surface area contributed by atoms with Crippen molar-refractivity contribution in [3.05, 3.63) is 29.3 Å². The number of phenols is 1. The van der Waals surface area contributed by atoms with Gasteiger partial charge in [0.05, 0.1) is 0 Å². The number of hydrogen-bond donors (Lipinski definition) is 2. The van der Waals surface area contributed by atoms with Crippen molar-refractivity contribution < 1.29 is 13.9 Å². The predicted molar refractivity (Wildman–Crippen MR) is 54.6 cm³/mol. The smallest absolute Gasteiger partial charge is 0.187 e. The van der Waals surface area contributed by atoms with Crippen molar-refractivity contribution in [3.63, 3.8) is 0 Å². The van der Waals surface area contributed by atoms with Crippen molar-refractivity contribution >= 4 is 0 Å². The fourth-order valence-corrected chi connectivity index (χ4v) is 1.23. The maximum absolute atomic E-state index is 12.9. The zero-order chi connectivity index (χ0) is 11.4. The highest BCUT2D eigenvalue weighted by molar-refractivity contribution is 5.29. The summed E-state index contributed by atoms with van der Waals surface area (Å²) in [7, 11) is 0. The van der Waals surface area contributed by atoms with E-state index in [1.807, 2.05) is 13.8 Å². The number of hydrogen-bond acceptors (Lipinski definition) is 2. The van der Waals surface area contributed by atoms with Crippen LogP contribution >= 0.6 is 0 Å². The predicted octanol–water partition coefficient (Wildman–Crippen LogP) is 2.42. The molecule has 0 heterocycles. The highest BCUT2D eigenvalue weighted by Gasteiger charge is 2.09. The molecular weight excluding hydrogens is 200 g/mol. The van der Waals surface area contributed by atoms with Crippen LogP contribution in [0.5, 0.6) is 5.75 Å². The van der Waals surface area contributed by atoms with E-state index < -0.39 is 17.4 Å². The van der Waals surface area contributed by atoms with Crippen molar-refractivity contribution in [1.29, 1.82) is 0 Å². The number of halogens is 2. The summed E-state index contributed by atoms with van der Waals surface area (Å²) in [6.07, 6.45) is 0. The van der Waals surface area contributed by atoms with Gasteiger partial charge in [-0.25, -0.2) is 8.78 Å². The van der Waals surface area contributed by atoms with Gasteiger partial charge in [-0.3, -0.25) is 0 Å². The molecule has 0 unspecified atom stereocenters. The Morgan fingerprint density at radius 2 is 1.80 bits per heavy atom. The van der Waals surface area contributed by atoms with Gasteiger partial charge in [-0.2, -0.15) is 0 Å². The summed E-state index contributed by atoms with van der Waals surface area (Å²) in [6, 6.07) is 2.26. The molecule has 0 atom stereocenters. The lowest BCUT2D eigenvalue weighted by atomic mass is 10.2. The minimum Gasteiger partial charge on any atom is -0.503 e. The van der Waals surface area contributed by atoms with Crippen molar-refractivity contribution in [2.75, 3.05) is 6.54 Å². The van der Waals surface area contributed by atoms with E-state index in [-0.39, 0.29) is 0 Å². The largest absolute Gasteiger partial charge is 0.503 e. The lowest BCUT2D eigenvalue weighted by molar-refractivity contribution is 0.395. The molecule has 4 heteroatoms. The molecule has 0 bridgehead atoms. The summed E-state index contributed by atoms with van der Waals surface area (Å²) in [5, 5.41) is 11.9. The van der Waals surface area contributed by atoms with Crippen molar-refractivity contribution in [2.45, 2.75) is 20.4 Å². The molecular formula is C11H15F2NO. The Balaban J connectivity index is 2.63. The van der Waals surface area contributed by atoms with E-state index in [1.165, 1.54) is 0 Å². The molecule has 0 aliphatic carbocycles. The Labute approximate surface area is 87.9 Å². The Morgan fingerprint density at radius 3 is 2.27 bits per heavy atom. The second-order valence-corrected chi connectivity index (χ2v) is 3.93. The number of aromatic hydroxyl groups is 1. The molecule has 0 spiro atoms. The normalized spacial score (nSPS) is 11.0. The Kier molecular flexibility index (Phi) is 4.03. The average molecular weight is 215 g/mol. The Morgan fingerprint density at radius 1 is 1.27 bits per heavy atom. The van der Waals surface area contributed by atoms with E-state index in [0.717, 1.165) is 18.7 Å². The van der Waals surface area contributed by atoms with Crippen LogP contribution < -0.4 is 5.32 Å². The highest BCUT2D eigenvalue weighted by Crippen LogP contribution is 2.21. The van der Waals surface area contributed by atoms with Crippen LogP contribution in [0.4, 0.5) is 8.78 Å². The van der Waals surface area contributed by atoms with Gasteiger partial charge in [0.15, 0.2) is 17.4 Å². The summed E-state index contributed by atoms with van der Waals surface area (Å²) >= 11 is 0. The fraction of sp³-hybridized carbons (Fsp3) is 0.455. The molecule has 0 amide bonds. The highest BCUT2D eigenvalue weighted by atomic mass is 19.1. The summed E-state index contributed by atoms with van der Waals surface area (Å²) in [6.45, 7) is 5.27. The molecule has 1 aromatic carbocycles. The monoisotopic (exact) mass is 215 g/mol. The van der Waals surface area contributed by atoms with Crippen LogP contribution in [-0.2, 0) is 6.54 Å². The molecule has 15 heavy (non-hydrogen) atoms. The standard InChI is InChI=1S/C11H15F2NO/c1-7(2)5-14-6-8-3-9(12)11(15)10(13)4-8/h3-4,7,14-15H,5-6H2,1-2H3. The minimum atomic E-state index is -0.920. The molecule has 0 saturated heterocycles.